The Morgan fingerprint density at radius 1 is 0.902 bits per heavy atom. The van der Waals surface area contributed by atoms with E-state index in [1.54, 1.807) is 55.5 Å². The molecular weight excluding hydrogens is 790 g/mol. The average molecular weight is 850 g/mol. The maximum absolute atomic E-state index is 15.5. The van der Waals surface area contributed by atoms with Crippen molar-refractivity contribution in [3.05, 3.63) is 82.9 Å². The van der Waals surface area contributed by atoms with Crippen LogP contribution in [0.25, 0.3) is 0 Å². The number of ether oxygens (including phenoxy) is 4. The summed E-state index contributed by atoms with van der Waals surface area (Å²) in [4.78, 5) is 83.1. The highest BCUT2D eigenvalue weighted by atomic mass is 16.6. The fourth-order valence-electron chi connectivity index (χ4n) is 9.97. The summed E-state index contributed by atoms with van der Waals surface area (Å²) >= 11 is 0. The van der Waals surface area contributed by atoms with Gasteiger partial charge in [-0.3, -0.25) is 19.2 Å². The molecule has 1 unspecified atom stereocenters. The van der Waals surface area contributed by atoms with E-state index in [4.69, 9.17) is 18.9 Å². The molecule has 0 aromatic heterocycles. The van der Waals surface area contributed by atoms with Crippen LogP contribution in [0.15, 0.2) is 71.8 Å². The predicted octanol–water partition coefficient (Wildman–Crippen LogP) is 3.78. The minimum Gasteiger partial charge on any atom is -0.456 e. The minimum atomic E-state index is -2.45. The van der Waals surface area contributed by atoms with Crippen molar-refractivity contribution >= 4 is 35.6 Å². The van der Waals surface area contributed by atoms with Gasteiger partial charge < -0.3 is 44.7 Å². The summed E-state index contributed by atoms with van der Waals surface area (Å²) < 4.78 is 24.2. The summed E-state index contributed by atoms with van der Waals surface area (Å²) in [5.41, 5.74) is -7.97. The van der Waals surface area contributed by atoms with Gasteiger partial charge in [-0.05, 0) is 62.1 Å². The van der Waals surface area contributed by atoms with E-state index < -0.39 is 119 Å². The molecule has 0 saturated heterocycles. The predicted molar refractivity (Wildman–Crippen MR) is 218 cm³/mol. The molecule has 5 N–H and O–H groups in total. The maximum Gasteiger partial charge on any atom is 0.338 e. The number of hydrogen-bond donors (Lipinski definition) is 5. The van der Waals surface area contributed by atoms with Gasteiger partial charge in [0.15, 0.2) is 18.0 Å². The number of aliphatic hydroxyl groups is 4. The third kappa shape index (κ3) is 8.49. The van der Waals surface area contributed by atoms with Crippen LogP contribution in [0.4, 0.5) is 0 Å². The number of nitrogens with one attached hydrogen (secondary N) is 1. The zero-order chi connectivity index (χ0) is 45.2. The van der Waals surface area contributed by atoms with E-state index in [0.717, 1.165) is 13.8 Å². The van der Waals surface area contributed by atoms with Crippen molar-refractivity contribution in [2.24, 2.45) is 22.7 Å². The van der Waals surface area contributed by atoms with Crippen molar-refractivity contribution < 1.29 is 68.1 Å². The molecule has 2 aromatic carbocycles. The van der Waals surface area contributed by atoms with E-state index >= 15 is 4.79 Å². The van der Waals surface area contributed by atoms with Gasteiger partial charge in [-0.15, -0.1) is 0 Å². The van der Waals surface area contributed by atoms with E-state index in [2.05, 4.69) is 5.32 Å². The first-order chi connectivity index (χ1) is 28.6. The van der Waals surface area contributed by atoms with Gasteiger partial charge in [0.1, 0.15) is 23.4 Å². The average Bonchev–Trinajstić information content (AvgIpc) is 3.21. The Morgan fingerprint density at radius 2 is 1.49 bits per heavy atom. The zero-order valence-electron chi connectivity index (χ0n) is 36.0. The van der Waals surface area contributed by atoms with Crippen LogP contribution in [-0.2, 0) is 38.1 Å². The lowest BCUT2D eigenvalue weighted by atomic mass is 9.44. The van der Waals surface area contributed by atoms with Gasteiger partial charge in [0, 0.05) is 37.2 Å². The molecule has 1 amide bonds. The zero-order valence-corrected chi connectivity index (χ0v) is 36.0. The quantitative estimate of drug-likeness (QED) is 0.110. The summed E-state index contributed by atoms with van der Waals surface area (Å²) in [5, 5.41) is 51.4. The molecule has 332 valence electrons. The fraction of sp³-hybridized carbons (Fsp3) is 0.565. The molecule has 11 atom stereocenters. The Morgan fingerprint density at radius 3 is 2.03 bits per heavy atom. The lowest BCUT2D eigenvalue weighted by molar-refractivity contribution is -0.280. The summed E-state index contributed by atoms with van der Waals surface area (Å²) in [7, 11) is 0. The van der Waals surface area contributed by atoms with Crippen LogP contribution in [-0.4, -0.2) is 110 Å². The SMILES string of the molecule is CCCC[C@H](NC(=O)c1ccccc1)[C@@H](O)C(=O)OC1C[C@@]2(O)[C@@H](OC(=O)c3ccccc3)[C@@H]3[C@@](CO)(OC(C)=O)[C@H](C)C[C@H](O)[C@@]3(C)C(=O)[C@H](OC(C)=O)C(=C1C)C2(C)C. The number of esters is 4. The van der Waals surface area contributed by atoms with E-state index in [1.165, 1.54) is 39.8 Å². The fourth-order valence-corrected chi connectivity index (χ4v) is 9.97. The van der Waals surface area contributed by atoms with Crippen molar-refractivity contribution in [1.82, 2.24) is 5.32 Å². The molecule has 2 fully saturated rings. The molecule has 0 aliphatic heterocycles. The van der Waals surface area contributed by atoms with Gasteiger partial charge in [0.05, 0.1) is 35.6 Å². The Labute approximate surface area is 355 Å². The van der Waals surface area contributed by atoms with Gasteiger partial charge in [-0.25, -0.2) is 9.59 Å². The molecule has 2 bridgehead atoms. The number of aliphatic hydroxyl groups excluding tert-OH is 3. The van der Waals surface area contributed by atoms with Gasteiger partial charge in [-0.2, -0.15) is 0 Å². The first-order valence-corrected chi connectivity index (χ1v) is 20.8. The first kappa shape index (κ1) is 47.1. The standard InChI is InChI=1S/C46H59NO14/c1-9-10-21-31(47-40(54)29-17-13-11-14-18-29)35(52)42(56)59-32-23-46(57)39(60-41(55)30-19-15-12-16-20-30)37-44(8,33(51)22-25(2)45(37,24-48)61-28(5)50)38(53)36(58-27(4)49)34(26(32)3)43(46,6)7/h11-20,25,31-33,35-37,39,48,51-52,57H,9-10,21-24H2,1-8H3,(H,47,54)/t25-,31+,32?,33+,35-,36-,37+,39+,44-,45+,46-/m1/s1. The molecule has 15 nitrogen and oxygen atoms in total. The van der Waals surface area contributed by atoms with Crippen LogP contribution in [0.3, 0.4) is 0 Å². The lowest BCUT2D eigenvalue weighted by Crippen LogP contribution is -2.77. The van der Waals surface area contributed by atoms with Crippen LogP contribution in [0.2, 0.25) is 0 Å². The molecule has 5 rings (SSSR count). The van der Waals surface area contributed by atoms with Crippen LogP contribution >= 0.6 is 0 Å². The number of fused-ring (bicyclic) bond motifs is 3. The van der Waals surface area contributed by atoms with E-state index in [9.17, 15) is 44.4 Å². The third-order valence-corrected chi connectivity index (χ3v) is 13.5. The molecule has 0 spiro atoms. The van der Waals surface area contributed by atoms with Crippen molar-refractivity contribution in [3.63, 3.8) is 0 Å². The number of benzene rings is 2. The van der Waals surface area contributed by atoms with Crippen molar-refractivity contribution in [2.75, 3.05) is 6.61 Å². The normalized spacial score (nSPS) is 31.6. The van der Waals surface area contributed by atoms with Crippen molar-refractivity contribution in [1.29, 1.82) is 0 Å². The highest BCUT2D eigenvalue weighted by Crippen LogP contribution is 2.63. The number of ketones is 1. The lowest BCUT2D eigenvalue weighted by Gasteiger charge is -2.64. The van der Waals surface area contributed by atoms with Crippen molar-refractivity contribution in [2.45, 2.75) is 135 Å². The molecule has 2 saturated carbocycles. The Balaban J connectivity index is 1.74. The number of amides is 1. The summed E-state index contributed by atoms with van der Waals surface area (Å²) in [6.07, 6.45) is -8.21. The summed E-state index contributed by atoms with van der Waals surface area (Å²) in [6.45, 7) is 10.6. The van der Waals surface area contributed by atoms with Crippen LogP contribution < -0.4 is 5.32 Å². The molecule has 0 radical (unpaired) electrons. The molecule has 2 aromatic rings. The van der Waals surface area contributed by atoms with Crippen molar-refractivity contribution in [3.8, 4) is 0 Å². The topological polar surface area (TPSA) is 232 Å². The molecule has 15 heteroatoms. The number of rotatable bonds is 13. The minimum absolute atomic E-state index is 0.0259. The van der Waals surface area contributed by atoms with Crippen LogP contribution in [0, 0.1) is 22.7 Å². The Bertz CT molecular complexity index is 2020. The second kappa shape index (κ2) is 18.2. The van der Waals surface area contributed by atoms with Crippen LogP contribution in [0.1, 0.15) is 108 Å². The second-order valence-electron chi connectivity index (χ2n) is 17.5. The number of carbonyl (C=O) groups excluding carboxylic acids is 6. The van der Waals surface area contributed by atoms with E-state index in [1.807, 2.05) is 6.92 Å². The third-order valence-electron chi connectivity index (χ3n) is 13.5. The molecule has 3 aliphatic rings. The first-order valence-electron chi connectivity index (χ1n) is 20.8. The number of carbonyl (C=O) groups is 6. The highest BCUT2D eigenvalue weighted by molar-refractivity contribution is 5.96. The molecule has 3 aliphatic carbocycles. The smallest absolute Gasteiger partial charge is 0.338 e. The monoisotopic (exact) mass is 849 g/mol. The number of Topliss-reactive ketones (excluding diaryl/α,β-unsaturated/α-hetero) is 1. The molecular formula is C46H59NO14. The molecule has 0 heterocycles. The van der Waals surface area contributed by atoms with E-state index in [0.29, 0.717) is 18.4 Å². The van der Waals surface area contributed by atoms with Gasteiger partial charge >= 0.3 is 23.9 Å². The highest BCUT2D eigenvalue weighted by Gasteiger charge is 2.75. The largest absolute Gasteiger partial charge is 0.456 e. The van der Waals surface area contributed by atoms with Gasteiger partial charge in [-0.1, -0.05) is 76.9 Å². The number of unbranched alkanes of at least 4 members (excludes halogenated alkanes) is 1. The second-order valence-corrected chi connectivity index (χ2v) is 17.5. The Hall–Kier alpha value is -4.96. The Kier molecular flexibility index (Phi) is 14.0. The van der Waals surface area contributed by atoms with Gasteiger partial charge in [0.2, 0.25) is 0 Å². The number of hydrogen-bond acceptors (Lipinski definition) is 14. The van der Waals surface area contributed by atoms with Crippen LogP contribution in [0.5, 0.6) is 0 Å². The van der Waals surface area contributed by atoms with E-state index in [-0.39, 0.29) is 29.6 Å². The summed E-state index contributed by atoms with van der Waals surface area (Å²) in [6, 6.07) is 14.8. The summed E-state index contributed by atoms with van der Waals surface area (Å²) in [5.74, 6) is -8.09. The molecule has 61 heavy (non-hydrogen) atoms. The maximum atomic E-state index is 15.5. The van der Waals surface area contributed by atoms with Gasteiger partial charge in [0.25, 0.3) is 5.91 Å².